The first-order chi connectivity index (χ1) is 10.2. The highest BCUT2D eigenvalue weighted by Crippen LogP contribution is 2.45. The van der Waals surface area contributed by atoms with Gasteiger partial charge in [0.15, 0.2) is 0 Å². The van der Waals surface area contributed by atoms with E-state index in [0.717, 1.165) is 19.4 Å². The zero-order valence-electron chi connectivity index (χ0n) is 12.9. The van der Waals surface area contributed by atoms with Gasteiger partial charge < -0.3 is 9.64 Å². The third kappa shape index (κ3) is 2.74. The van der Waals surface area contributed by atoms with Crippen LogP contribution in [0.3, 0.4) is 0 Å². The largest absolute Gasteiger partial charge is 0.361 e. The standard InChI is InChI=1S/C19H23NO/c1-20(2)14-8-13-19(17-10-4-3-5-11-17)18-12-7-6-9-16(18)15-21-19/h3-7,9-12H,8,13-15H2,1-2H3/t19-/m1/s1. The summed E-state index contributed by atoms with van der Waals surface area (Å²) in [7, 11) is 4.25. The third-order valence-electron chi connectivity index (χ3n) is 4.30. The van der Waals surface area contributed by atoms with Gasteiger partial charge in [0.05, 0.1) is 6.61 Å². The molecule has 0 amide bonds. The van der Waals surface area contributed by atoms with Crippen molar-refractivity contribution in [3.8, 4) is 0 Å². The molecule has 0 unspecified atom stereocenters. The van der Waals surface area contributed by atoms with Crippen LogP contribution in [0.15, 0.2) is 54.6 Å². The molecular formula is C19H23NO. The molecule has 1 aliphatic rings. The Labute approximate surface area is 127 Å². The summed E-state index contributed by atoms with van der Waals surface area (Å²) in [5, 5.41) is 0. The SMILES string of the molecule is CN(C)CCC[C@]1(c2ccccc2)OCc2ccccc21. The van der Waals surface area contributed by atoms with Crippen LogP contribution in [0.4, 0.5) is 0 Å². The van der Waals surface area contributed by atoms with Gasteiger partial charge in [-0.15, -0.1) is 0 Å². The topological polar surface area (TPSA) is 12.5 Å². The van der Waals surface area contributed by atoms with Crippen molar-refractivity contribution >= 4 is 0 Å². The van der Waals surface area contributed by atoms with Crippen LogP contribution in [0.5, 0.6) is 0 Å². The lowest BCUT2D eigenvalue weighted by molar-refractivity contribution is -0.0139. The Morgan fingerprint density at radius 2 is 1.71 bits per heavy atom. The van der Waals surface area contributed by atoms with E-state index in [4.69, 9.17) is 4.74 Å². The molecule has 3 rings (SSSR count). The first-order valence-corrected chi connectivity index (χ1v) is 7.65. The lowest BCUT2D eigenvalue weighted by Gasteiger charge is -2.31. The van der Waals surface area contributed by atoms with E-state index < -0.39 is 0 Å². The molecule has 2 heteroatoms. The Balaban J connectivity index is 1.97. The number of rotatable bonds is 5. The molecule has 0 bridgehead atoms. The predicted molar refractivity (Wildman–Crippen MR) is 86.2 cm³/mol. The van der Waals surface area contributed by atoms with Gasteiger partial charge in [0.2, 0.25) is 0 Å². The number of fused-ring (bicyclic) bond motifs is 1. The average molecular weight is 281 g/mol. The summed E-state index contributed by atoms with van der Waals surface area (Å²) in [4.78, 5) is 2.24. The number of benzene rings is 2. The second kappa shape index (κ2) is 6.00. The first kappa shape index (κ1) is 14.3. The fourth-order valence-electron chi connectivity index (χ4n) is 3.26. The van der Waals surface area contributed by atoms with Crippen molar-refractivity contribution in [2.45, 2.75) is 25.0 Å². The van der Waals surface area contributed by atoms with Crippen LogP contribution in [0, 0.1) is 0 Å². The summed E-state index contributed by atoms with van der Waals surface area (Å²) < 4.78 is 6.36. The summed E-state index contributed by atoms with van der Waals surface area (Å²) in [5.41, 5.74) is 3.67. The second-order valence-corrected chi connectivity index (χ2v) is 6.05. The highest BCUT2D eigenvalue weighted by Gasteiger charge is 2.40. The van der Waals surface area contributed by atoms with Crippen molar-refractivity contribution in [1.82, 2.24) is 4.90 Å². The van der Waals surface area contributed by atoms with Crippen molar-refractivity contribution in [1.29, 1.82) is 0 Å². The number of ether oxygens (including phenoxy) is 1. The molecule has 21 heavy (non-hydrogen) atoms. The van der Waals surface area contributed by atoms with E-state index in [2.05, 4.69) is 73.6 Å². The quantitative estimate of drug-likeness (QED) is 0.826. The summed E-state index contributed by atoms with van der Waals surface area (Å²) in [6.45, 7) is 1.80. The Bertz CT molecular complexity index is 594. The fraction of sp³-hybridized carbons (Fsp3) is 0.368. The lowest BCUT2D eigenvalue weighted by Crippen LogP contribution is -2.28. The molecule has 0 fully saturated rings. The number of hydrogen-bond acceptors (Lipinski definition) is 2. The zero-order valence-corrected chi connectivity index (χ0v) is 12.9. The minimum atomic E-state index is -0.270. The van der Waals surface area contributed by atoms with Gasteiger partial charge in [-0.2, -0.15) is 0 Å². The molecule has 2 aromatic rings. The van der Waals surface area contributed by atoms with Crippen LogP contribution in [0.25, 0.3) is 0 Å². The summed E-state index contributed by atoms with van der Waals surface area (Å²) in [6.07, 6.45) is 2.14. The van der Waals surface area contributed by atoms with Gasteiger partial charge in [0.1, 0.15) is 5.60 Å². The molecule has 0 N–H and O–H groups in total. The van der Waals surface area contributed by atoms with Gasteiger partial charge in [-0.3, -0.25) is 0 Å². The van der Waals surface area contributed by atoms with Crippen LogP contribution >= 0.6 is 0 Å². The van der Waals surface area contributed by atoms with Crippen molar-refractivity contribution in [2.75, 3.05) is 20.6 Å². The van der Waals surface area contributed by atoms with Crippen molar-refractivity contribution < 1.29 is 4.74 Å². The van der Waals surface area contributed by atoms with Crippen LogP contribution in [-0.4, -0.2) is 25.5 Å². The van der Waals surface area contributed by atoms with E-state index in [0.29, 0.717) is 6.61 Å². The molecule has 110 valence electrons. The molecule has 1 aliphatic heterocycles. The van der Waals surface area contributed by atoms with Crippen LogP contribution in [0.2, 0.25) is 0 Å². The fourth-order valence-corrected chi connectivity index (χ4v) is 3.26. The Hall–Kier alpha value is -1.64. The summed E-state index contributed by atoms with van der Waals surface area (Å²) >= 11 is 0. The van der Waals surface area contributed by atoms with Gasteiger partial charge in [-0.1, -0.05) is 54.6 Å². The highest BCUT2D eigenvalue weighted by atomic mass is 16.5. The maximum atomic E-state index is 6.36. The minimum absolute atomic E-state index is 0.270. The normalized spacial score (nSPS) is 20.7. The van der Waals surface area contributed by atoms with Crippen molar-refractivity contribution in [3.63, 3.8) is 0 Å². The molecule has 0 saturated carbocycles. The van der Waals surface area contributed by atoms with E-state index in [1.165, 1.54) is 16.7 Å². The van der Waals surface area contributed by atoms with Crippen LogP contribution in [-0.2, 0) is 16.9 Å². The molecule has 0 aromatic heterocycles. The van der Waals surface area contributed by atoms with E-state index in [1.54, 1.807) is 0 Å². The molecule has 0 radical (unpaired) electrons. The molecule has 0 aliphatic carbocycles. The second-order valence-electron chi connectivity index (χ2n) is 6.05. The predicted octanol–water partition coefficient (Wildman–Crippen LogP) is 3.80. The zero-order chi connectivity index (χ0) is 14.7. The van der Waals surface area contributed by atoms with Gasteiger partial charge in [0.25, 0.3) is 0 Å². The first-order valence-electron chi connectivity index (χ1n) is 7.65. The monoisotopic (exact) mass is 281 g/mol. The number of nitrogens with zero attached hydrogens (tertiary/aromatic N) is 1. The van der Waals surface area contributed by atoms with Crippen LogP contribution < -0.4 is 0 Å². The molecular weight excluding hydrogens is 258 g/mol. The van der Waals surface area contributed by atoms with Gasteiger partial charge in [0, 0.05) is 0 Å². The van der Waals surface area contributed by atoms with Crippen molar-refractivity contribution in [2.24, 2.45) is 0 Å². The molecule has 1 heterocycles. The third-order valence-corrected chi connectivity index (χ3v) is 4.30. The Morgan fingerprint density at radius 3 is 2.48 bits per heavy atom. The maximum absolute atomic E-state index is 6.36. The average Bonchev–Trinajstić information content (AvgIpc) is 2.88. The Kier molecular flexibility index (Phi) is 4.09. The molecule has 0 saturated heterocycles. The van der Waals surface area contributed by atoms with E-state index in [9.17, 15) is 0 Å². The van der Waals surface area contributed by atoms with E-state index >= 15 is 0 Å². The smallest absolute Gasteiger partial charge is 0.119 e. The lowest BCUT2D eigenvalue weighted by atomic mass is 9.82. The molecule has 2 nitrogen and oxygen atoms in total. The van der Waals surface area contributed by atoms with Gasteiger partial charge in [-0.05, 0) is 50.2 Å². The maximum Gasteiger partial charge on any atom is 0.119 e. The van der Waals surface area contributed by atoms with E-state index in [1.807, 2.05) is 0 Å². The molecule has 2 aromatic carbocycles. The van der Waals surface area contributed by atoms with E-state index in [-0.39, 0.29) is 5.60 Å². The molecule has 1 atom stereocenters. The molecule has 0 spiro atoms. The minimum Gasteiger partial charge on any atom is -0.361 e. The number of hydrogen-bond donors (Lipinski definition) is 0. The highest BCUT2D eigenvalue weighted by molar-refractivity contribution is 5.43. The van der Waals surface area contributed by atoms with Gasteiger partial charge >= 0.3 is 0 Å². The summed E-state index contributed by atoms with van der Waals surface area (Å²) in [5.74, 6) is 0. The van der Waals surface area contributed by atoms with Crippen molar-refractivity contribution in [3.05, 3.63) is 71.3 Å². The van der Waals surface area contributed by atoms with Gasteiger partial charge in [-0.25, -0.2) is 0 Å². The Morgan fingerprint density at radius 1 is 1.00 bits per heavy atom. The summed E-state index contributed by atoms with van der Waals surface area (Å²) in [6, 6.07) is 19.3. The van der Waals surface area contributed by atoms with Crippen LogP contribution in [0.1, 0.15) is 29.5 Å².